The number of H-pyrrole nitrogens is 1. The molecule has 8 heteroatoms. The van der Waals surface area contributed by atoms with Gasteiger partial charge < -0.3 is 20.7 Å². The largest absolute Gasteiger partial charge is 0.394 e. The lowest BCUT2D eigenvalue weighted by molar-refractivity contribution is -0.0781. The fourth-order valence-corrected chi connectivity index (χ4v) is 2.16. The molecular formula is C11H17N3O5. The average Bonchev–Trinajstić information content (AvgIpc) is 2.75. The molecule has 2 heterocycles. The molecule has 0 saturated carbocycles. The molecule has 5 N–H and O–H groups in total. The maximum absolute atomic E-state index is 11.7. The second-order valence-corrected chi connectivity index (χ2v) is 4.68. The number of ether oxygens (including phenoxy) is 1. The van der Waals surface area contributed by atoms with Gasteiger partial charge in [0.1, 0.15) is 18.4 Å². The summed E-state index contributed by atoms with van der Waals surface area (Å²) in [7, 11) is 0. The second kappa shape index (κ2) is 5.25. The van der Waals surface area contributed by atoms with Gasteiger partial charge in [-0.05, 0) is 6.92 Å². The number of aliphatic hydroxyl groups excluding tert-OH is 2. The highest BCUT2D eigenvalue weighted by Gasteiger charge is 2.38. The molecule has 2 rings (SSSR count). The highest BCUT2D eigenvalue weighted by atomic mass is 16.5. The third kappa shape index (κ3) is 2.61. The SMILES string of the molecule is Cc1cn([C@@H]2C[C@H](N)C([C@H](O)CO)O2)c(=O)[nH]c1=O. The number of aromatic amines is 1. The van der Waals surface area contributed by atoms with Crippen LogP contribution in [0.2, 0.25) is 0 Å². The van der Waals surface area contributed by atoms with Crippen LogP contribution in [0.5, 0.6) is 0 Å². The average molecular weight is 271 g/mol. The number of aromatic nitrogens is 2. The van der Waals surface area contributed by atoms with Gasteiger partial charge in [0.25, 0.3) is 5.56 Å². The monoisotopic (exact) mass is 271 g/mol. The first-order chi connectivity index (χ1) is 8.93. The van der Waals surface area contributed by atoms with Crippen LogP contribution in [0.1, 0.15) is 18.2 Å². The molecule has 0 aromatic carbocycles. The van der Waals surface area contributed by atoms with E-state index in [0.717, 1.165) is 0 Å². The zero-order valence-electron chi connectivity index (χ0n) is 10.4. The van der Waals surface area contributed by atoms with Gasteiger partial charge in [0.2, 0.25) is 0 Å². The van der Waals surface area contributed by atoms with Crippen molar-refractivity contribution in [2.24, 2.45) is 5.73 Å². The molecule has 1 fully saturated rings. The summed E-state index contributed by atoms with van der Waals surface area (Å²) in [6.07, 6.45) is -0.794. The normalized spacial score (nSPS) is 28.5. The van der Waals surface area contributed by atoms with Gasteiger partial charge in [0, 0.05) is 24.2 Å². The van der Waals surface area contributed by atoms with Crippen LogP contribution in [0.15, 0.2) is 15.8 Å². The molecule has 1 aliphatic rings. The molecule has 19 heavy (non-hydrogen) atoms. The Bertz CT molecular complexity index is 566. The zero-order chi connectivity index (χ0) is 14.2. The number of rotatable bonds is 3. The van der Waals surface area contributed by atoms with Gasteiger partial charge in [-0.1, -0.05) is 0 Å². The first kappa shape index (κ1) is 13.9. The van der Waals surface area contributed by atoms with Gasteiger partial charge in [-0.3, -0.25) is 14.3 Å². The molecule has 0 amide bonds. The number of nitrogens with zero attached hydrogens (tertiary/aromatic N) is 1. The van der Waals surface area contributed by atoms with Crippen LogP contribution in [0.4, 0.5) is 0 Å². The number of hydrogen-bond donors (Lipinski definition) is 4. The highest BCUT2D eigenvalue weighted by Crippen LogP contribution is 2.28. The van der Waals surface area contributed by atoms with E-state index >= 15 is 0 Å². The van der Waals surface area contributed by atoms with Crippen molar-refractivity contribution in [2.75, 3.05) is 6.61 Å². The Morgan fingerprint density at radius 2 is 2.32 bits per heavy atom. The first-order valence-electron chi connectivity index (χ1n) is 5.96. The van der Waals surface area contributed by atoms with E-state index < -0.39 is 42.3 Å². The van der Waals surface area contributed by atoms with E-state index in [1.807, 2.05) is 0 Å². The third-order valence-corrected chi connectivity index (χ3v) is 3.23. The summed E-state index contributed by atoms with van der Waals surface area (Å²) in [6.45, 7) is 1.11. The topological polar surface area (TPSA) is 131 Å². The van der Waals surface area contributed by atoms with Crippen LogP contribution in [0.3, 0.4) is 0 Å². The van der Waals surface area contributed by atoms with E-state index in [9.17, 15) is 14.7 Å². The fraction of sp³-hybridized carbons (Fsp3) is 0.636. The minimum absolute atomic E-state index is 0.313. The van der Waals surface area contributed by atoms with E-state index in [-0.39, 0.29) is 0 Å². The van der Waals surface area contributed by atoms with Crippen molar-refractivity contribution in [3.63, 3.8) is 0 Å². The lowest BCUT2D eigenvalue weighted by Crippen LogP contribution is -2.41. The highest BCUT2D eigenvalue weighted by molar-refractivity contribution is 5.02. The predicted molar refractivity (Wildman–Crippen MR) is 65.7 cm³/mol. The summed E-state index contributed by atoms with van der Waals surface area (Å²) >= 11 is 0. The molecule has 8 nitrogen and oxygen atoms in total. The van der Waals surface area contributed by atoms with Crippen molar-refractivity contribution in [3.8, 4) is 0 Å². The standard InChI is InChI=1S/C11H17N3O5/c1-5-3-14(11(18)13-10(5)17)8-2-6(12)9(19-8)7(16)4-15/h3,6-9,15-16H,2,4,12H2,1H3,(H,13,17,18)/t6-,7+,8-,9?/m0/s1. The number of hydrogen-bond acceptors (Lipinski definition) is 6. The van der Waals surface area contributed by atoms with Gasteiger partial charge in [-0.15, -0.1) is 0 Å². The van der Waals surface area contributed by atoms with Gasteiger partial charge in [-0.25, -0.2) is 4.79 Å². The second-order valence-electron chi connectivity index (χ2n) is 4.68. The maximum atomic E-state index is 11.7. The molecule has 1 aliphatic heterocycles. The molecule has 1 saturated heterocycles. The molecule has 0 aliphatic carbocycles. The molecular weight excluding hydrogens is 254 g/mol. The number of aliphatic hydroxyl groups is 2. The minimum Gasteiger partial charge on any atom is -0.394 e. The van der Waals surface area contributed by atoms with Crippen LogP contribution in [0.25, 0.3) is 0 Å². The molecule has 0 bridgehead atoms. The predicted octanol–water partition coefficient (Wildman–Crippen LogP) is -2.19. The van der Waals surface area contributed by atoms with Crippen molar-refractivity contribution >= 4 is 0 Å². The molecule has 4 atom stereocenters. The van der Waals surface area contributed by atoms with Gasteiger partial charge in [-0.2, -0.15) is 0 Å². The van der Waals surface area contributed by atoms with Gasteiger partial charge >= 0.3 is 5.69 Å². The van der Waals surface area contributed by atoms with E-state index in [2.05, 4.69) is 4.98 Å². The number of nitrogens with one attached hydrogen (secondary N) is 1. The van der Waals surface area contributed by atoms with Gasteiger partial charge in [0.15, 0.2) is 0 Å². The fourth-order valence-electron chi connectivity index (χ4n) is 2.16. The zero-order valence-corrected chi connectivity index (χ0v) is 10.4. The maximum Gasteiger partial charge on any atom is 0.330 e. The van der Waals surface area contributed by atoms with E-state index in [4.69, 9.17) is 15.6 Å². The van der Waals surface area contributed by atoms with Crippen molar-refractivity contribution in [3.05, 3.63) is 32.6 Å². The van der Waals surface area contributed by atoms with E-state index in [1.165, 1.54) is 10.8 Å². The Morgan fingerprint density at radius 3 is 2.95 bits per heavy atom. The van der Waals surface area contributed by atoms with Crippen molar-refractivity contribution < 1.29 is 14.9 Å². The summed E-state index contributed by atoms with van der Waals surface area (Å²) in [5.41, 5.74) is 5.16. The quantitative estimate of drug-likeness (QED) is 0.494. The van der Waals surface area contributed by atoms with E-state index in [1.54, 1.807) is 6.92 Å². The minimum atomic E-state index is -1.10. The lowest BCUT2D eigenvalue weighted by atomic mass is 10.1. The number of nitrogens with two attached hydrogens (primary N) is 1. The van der Waals surface area contributed by atoms with Gasteiger partial charge in [0.05, 0.1) is 6.61 Å². The molecule has 1 aromatic heterocycles. The Kier molecular flexibility index (Phi) is 3.85. The number of aryl methyl sites for hydroxylation is 1. The lowest BCUT2D eigenvalue weighted by Gasteiger charge is -2.20. The Morgan fingerprint density at radius 1 is 1.63 bits per heavy atom. The molecule has 106 valence electrons. The van der Waals surface area contributed by atoms with Crippen molar-refractivity contribution in [1.82, 2.24) is 9.55 Å². The van der Waals surface area contributed by atoms with Crippen LogP contribution in [-0.2, 0) is 4.74 Å². The summed E-state index contributed by atoms with van der Waals surface area (Å²) in [5.74, 6) is 0. The molecule has 1 unspecified atom stereocenters. The molecule has 0 spiro atoms. The van der Waals surface area contributed by atoms with E-state index in [0.29, 0.717) is 12.0 Å². The van der Waals surface area contributed by atoms with Crippen LogP contribution < -0.4 is 17.0 Å². The van der Waals surface area contributed by atoms with Crippen LogP contribution in [-0.4, -0.2) is 44.6 Å². The Labute approximate surface area is 108 Å². The Balaban J connectivity index is 2.28. The Hall–Kier alpha value is -1.48. The molecule has 1 aromatic rings. The summed E-state index contributed by atoms with van der Waals surface area (Å²) in [4.78, 5) is 25.2. The smallest absolute Gasteiger partial charge is 0.330 e. The third-order valence-electron chi connectivity index (χ3n) is 3.23. The van der Waals surface area contributed by atoms with Crippen LogP contribution >= 0.6 is 0 Å². The van der Waals surface area contributed by atoms with Crippen molar-refractivity contribution in [1.29, 1.82) is 0 Å². The van der Waals surface area contributed by atoms with Crippen LogP contribution in [0, 0.1) is 6.92 Å². The molecule has 0 radical (unpaired) electrons. The van der Waals surface area contributed by atoms with Crippen molar-refractivity contribution in [2.45, 2.75) is 37.8 Å². The summed E-state index contributed by atoms with van der Waals surface area (Å²) in [6, 6.07) is -0.494. The summed E-state index contributed by atoms with van der Waals surface area (Å²) < 4.78 is 6.73. The first-order valence-corrected chi connectivity index (χ1v) is 5.96. The summed E-state index contributed by atoms with van der Waals surface area (Å²) in [5, 5.41) is 18.5.